The largest absolute Gasteiger partial charge is 0.351 e. The molecule has 0 aromatic heterocycles. The Morgan fingerprint density at radius 1 is 1.06 bits per heavy atom. The van der Waals surface area contributed by atoms with Crippen molar-refractivity contribution >= 4 is 52.3 Å². The van der Waals surface area contributed by atoms with E-state index in [2.05, 4.69) is 12.2 Å². The fourth-order valence-corrected chi connectivity index (χ4v) is 4.60. The maximum absolute atomic E-state index is 13.7. The predicted octanol–water partition coefficient (Wildman–Crippen LogP) is 6.31. The average molecular weight is 482 g/mol. The van der Waals surface area contributed by atoms with E-state index >= 15 is 0 Å². The molecule has 166 valence electrons. The summed E-state index contributed by atoms with van der Waals surface area (Å²) in [6.07, 6.45) is 4.26. The van der Waals surface area contributed by atoms with Crippen LogP contribution in [0.2, 0.25) is 10.0 Å². The van der Waals surface area contributed by atoms with Gasteiger partial charge in [-0.3, -0.25) is 14.5 Å². The van der Waals surface area contributed by atoms with Crippen LogP contribution in [0.3, 0.4) is 0 Å². The predicted molar refractivity (Wildman–Crippen MR) is 128 cm³/mol. The molecule has 0 spiro atoms. The molecule has 2 aromatic rings. The van der Waals surface area contributed by atoms with Gasteiger partial charge in [-0.05, 0) is 61.1 Å². The normalized spacial score (nSPS) is 19.5. The molecule has 0 radical (unpaired) electrons. The lowest BCUT2D eigenvalue weighted by Crippen LogP contribution is -2.49. The molecule has 2 aromatic carbocycles. The van der Waals surface area contributed by atoms with Crippen molar-refractivity contribution in [3.8, 4) is 0 Å². The number of carbonyl (C=O) groups is 2. The van der Waals surface area contributed by atoms with Gasteiger partial charge >= 0.3 is 0 Å². The van der Waals surface area contributed by atoms with Crippen LogP contribution in [0.25, 0.3) is 0 Å². The molecule has 2 amide bonds. The molecule has 0 heterocycles. The van der Waals surface area contributed by atoms with E-state index in [1.807, 2.05) is 13.0 Å². The Morgan fingerprint density at radius 3 is 2.35 bits per heavy atom. The van der Waals surface area contributed by atoms with E-state index < -0.39 is 6.04 Å². The molecule has 1 fully saturated rings. The van der Waals surface area contributed by atoms with Gasteiger partial charge in [0.15, 0.2) is 0 Å². The Morgan fingerprint density at radius 2 is 1.71 bits per heavy atom. The number of halogens is 3. The van der Waals surface area contributed by atoms with E-state index in [9.17, 15) is 9.59 Å². The third-order valence-electron chi connectivity index (χ3n) is 5.95. The summed E-state index contributed by atoms with van der Waals surface area (Å²) in [5.41, 5.74) is 2.04. The summed E-state index contributed by atoms with van der Waals surface area (Å²) < 4.78 is 0. The molecule has 1 aliphatic rings. The SMILES string of the molecule is Cc1ccc(Cl)cc1N(C(=O)CCl)[C@H](C(=O)N[C@H]1CCCC[C@H]1C)c1ccc(Cl)cc1. The molecule has 31 heavy (non-hydrogen) atoms. The first kappa shape index (κ1) is 23.9. The van der Waals surface area contributed by atoms with Crippen LogP contribution in [0.15, 0.2) is 42.5 Å². The van der Waals surface area contributed by atoms with Gasteiger partial charge in [0.25, 0.3) is 0 Å². The molecule has 3 rings (SSSR count). The summed E-state index contributed by atoms with van der Waals surface area (Å²) in [6.45, 7) is 4.03. The zero-order chi connectivity index (χ0) is 22.5. The van der Waals surface area contributed by atoms with Crippen molar-refractivity contribution in [3.63, 3.8) is 0 Å². The van der Waals surface area contributed by atoms with Crippen LogP contribution in [0.4, 0.5) is 5.69 Å². The summed E-state index contributed by atoms with van der Waals surface area (Å²) in [4.78, 5) is 28.2. The minimum atomic E-state index is -0.894. The molecule has 1 aliphatic carbocycles. The van der Waals surface area contributed by atoms with E-state index in [0.717, 1.165) is 24.8 Å². The van der Waals surface area contributed by atoms with Gasteiger partial charge in [-0.1, -0.05) is 61.2 Å². The van der Waals surface area contributed by atoms with Crippen LogP contribution in [0.1, 0.15) is 49.8 Å². The van der Waals surface area contributed by atoms with Crippen LogP contribution in [-0.2, 0) is 9.59 Å². The highest BCUT2D eigenvalue weighted by atomic mass is 35.5. The summed E-state index contributed by atoms with van der Waals surface area (Å²) >= 11 is 18.3. The number of nitrogens with zero attached hydrogens (tertiary/aromatic N) is 1. The minimum absolute atomic E-state index is 0.0736. The molecule has 7 heteroatoms. The molecule has 0 aliphatic heterocycles. The highest BCUT2D eigenvalue weighted by molar-refractivity contribution is 6.32. The summed E-state index contributed by atoms with van der Waals surface area (Å²) in [5.74, 6) is -0.491. The Bertz CT molecular complexity index is 933. The average Bonchev–Trinajstić information content (AvgIpc) is 2.76. The van der Waals surface area contributed by atoms with Gasteiger partial charge in [0.2, 0.25) is 11.8 Å². The Balaban J connectivity index is 2.07. The fourth-order valence-electron chi connectivity index (χ4n) is 4.18. The Labute approximate surface area is 198 Å². The van der Waals surface area contributed by atoms with Gasteiger partial charge in [-0.15, -0.1) is 11.6 Å². The van der Waals surface area contributed by atoms with Crippen LogP contribution in [-0.4, -0.2) is 23.7 Å². The first-order valence-electron chi connectivity index (χ1n) is 10.5. The van der Waals surface area contributed by atoms with Crippen LogP contribution >= 0.6 is 34.8 Å². The number of rotatable bonds is 6. The van der Waals surface area contributed by atoms with E-state index in [1.54, 1.807) is 36.4 Å². The second-order valence-electron chi connectivity index (χ2n) is 8.16. The number of aryl methyl sites for hydroxylation is 1. The van der Waals surface area contributed by atoms with Crippen molar-refractivity contribution in [3.05, 3.63) is 63.6 Å². The zero-order valence-corrected chi connectivity index (χ0v) is 20.0. The van der Waals surface area contributed by atoms with Crippen LogP contribution in [0.5, 0.6) is 0 Å². The van der Waals surface area contributed by atoms with Gasteiger partial charge in [-0.2, -0.15) is 0 Å². The van der Waals surface area contributed by atoms with Crippen molar-refractivity contribution in [2.75, 3.05) is 10.8 Å². The fraction of sp³-hybridized carbons (Fsp3) is 0.417. The number of nitrogens with one attached hydrogen (secondary N) is 1. The molecule has 0 bridgehead atoms. The second-order valence-corrected chi connectivity index (χ2v) is 9.30. The number of amides is 2. The second kappa shape index (κ2) is 10.7. The standard InChI is InChI=1S/C24H27Cl3N2O2/c1-15-5-3-4-6-20(15)28-24(31)23(17-8-11-18(26)12-9-17)29(22(30)14-25)21-13-19(27)10-7-16(21)2/h7-13,15,20,23H,3-6,14H2,1-2H3,(H,28,31)/t15-,20+,23+/m1/s1. The molecule has 0 saturated heterocycles. The van der Waals surface area contributed by atoms with Crippen molar-refractivity contribution in [1.29, 1.82) is 0 Å². The van der Waals surface area contributed by atoms with E-state index in [1.165, 1.54) is 11.3 Å². The summed E-state index contributed by atoms with van der Waals surface area (Å²) in [6, 6.07) is 11.4. The quantitative estimate of drug-likeness (QED) is 0.491. The lowest BCUT2D eigenvalue weighted by molar-refractivity contribution is -0.126. The molecular weight excluding hydrogens is 455 g/mol. The first-order valence-corrected chi connectivity index (χ1v) is 11.8. The number of hydrogen-bond acceptors (Lipinski definition) is 2. The molecular formula is C24H27Cl3N2O2. The smallest absolute Gasteiger partial charge is 0.248 e. The maximum Gasteiger partial charge on any atom is 0.248 e. The number of benzene rings is 2. The van der Waals surface area contributed by atoms with Gasteiger partial charge < -0.3 is 5.32 Å². The first-order chi connectivity index (χ1) is 14.8. The monoisotopic (exact) mass is 480 g/mol. The van der Waals surface area contributed by atoms with Crippen LogP contribution in [0, 0.1) is 12.8 Å². The van der Waals surface area contributed by atoms with E-state index in [-0.39, 0.29) is 23.7 Å². The molecule has 4 nitrogen and oxygen atoms in total. The number of anilines is 1. The number of carbonyl (C=O) groups excluding carboxylic acids is 2. The summed E-state index contributed by atoms with van der Waals surface area (Å²) in [7, 11) is 0. The Hall–Kier alpha value is -1.75. The highest BCUT2D eigenvalue weighted by Crippen LogP contribution is 2.34. The van der Waals surface area contributed by atoms with Gasteiger partial charge in [0.1, 0.15) is 11.9 Å². The molecule has 0 unspecified atom stereocenters. The lowest BCUT2D eigenvalue weighted by Gasteiger charge is -2.35. The van der Waals surface area contributed by atoms with Crippen LogP contribution < -0.4 is 10.2 Å². The number of hydrogen-bond donors (Lipinski definition) is 1. The van der Waals surface area contributed by atoms with Crippen molar-refractivity contribution in [2.24, 2.45) is 5.92 Å². The van der Waals surface area contributed by atoms with Crippen molar-refractivity contribution < 1.29 is 9.59 Å². The van der Waals surface area contributed by atoms with E-state index in [0.29, 0.717) is 27.2 Å². The third-order valence-corrected chi connectivity index (χ3v) is 6.66. The molecule has 1 N–H and O–H groups in total. The van der Waals surface area contributed by atoms with Gasteiger partial charge in [0.05, 0.1) is 0 Å². The topological polar surface area (TPSA) is 49.4 Å². The molecule has 3 atom stereocenters. The Kier molecular flexibility index (Phi) is 8.26. The number of alkyl halides is 1. The van der Waals surface area contributed by atoms with Gasteiger partial charge in [-0.25, -0.2) is 0 Å². The minimum Gasteiger partial charge on any atom is -0.351 e. The van der Waals surface area contributed by atoms with Crippen molar-refractivity contribution in [2.45, 2.75) is 51.6 Å². The highest BCUT2D eigenvalue weighted by Gasteiger charge is 2.35. The zero-order valence-electron chi connectivity index (χ0n) is 17.7. The maximum atomic E-state index is 13.7. The third kappa shape index (κ3) is 5.74. The summed E-state index contributed by atoms with van der Waals surface area (Å²) in [5, 5.41) is 4.23. The van der Waals surface area contributed by atoms with Crippen molar-refractivity contribution in [1.82, 2.24) is 5.32 Å². The van der Waals surface area contributed by atoms with E-state index in [4.69, 9.17) is 34.8 Å². The lowest BCUT2D eigenvalue weighted by atomic mass is 9.85. The molecule has 1 saturated carbocycles. The van der Waals surface area contributed by atoms with Gasteiger partial charge in [0, 0.05) is 21.8 Å².